The summed E-state index contributed by atoms with van der Waals surface area (Å²) < 4.78 is 27.3. The van der Waals surface area contributed by atoms with Crippen LogP contribution >= 0.6 is 0 Å². The fourth-order valence-corrected chi connectivity index (χ4v) is 3.00. The van der Waals surface area contributed by atoms with E-state index in [0.29, 0.717) is 5.56 Å². The molecule has 3 rings (SSSR count). The van der Waals surface area contributed by atoms with E-state index in [2.05, 4.69) is 0 Å². The molecule has 0 atom stereocenters. The van der Waals surface area contributed by atoms with Gasteiger partial charge in [0.25, 0.3) is 11.8 Å². The van der Waals surface area contributed by atoms with Crippen molar-refractivity contribution in [3.05, 3.63) is 77.0 Å². The Morgan fingerprint density at radius 1 is 1.00 bits per heavy atom. The average molecular weight is 372 g/mol. The third kappa shape index (κ3) is 3.59. The number of nitrogens with zero attached hydrogens (tertiary/aromatic N) is 2. The van der Waals surface area contributed by atoms with Crippen molar-refractivity contribution in [3.63, 3.8) is 0 Å². The van der Waals surface area contributed by atoms with E-state index >= 15 is 0 Å². The highest BCUT2D eigenvalue weighted by molar-refractivity contribution is 6.35. The first-order valence-electron chi connectivity index (χ1n) is 8.36. The number of hydrogen-bond acceptors (Lipinski definition) is 4. The first-order chi connectivity index (χ1) is 12.9. The van der Waals surface area contributed by atoms with E-state index in [1.807, 2.05) is 0 Å². The molecule has 2 aromatic rings. The third-order valence-corrected chi connectivity index (χ3v) is 4.38. The molecule has 0 aliphatic carbocycles. The largest absolute Gasteiger partial charge is 0.395 e. The maximum absolute atomic E-state index is 14.0. The molecular formula is C20H18F2N2O3. The van der Waals surface area contributed by atoms with Gasteiger partial charge >= 0.3 is 0 Å². The van der Waals surface area contributed by atoms with Gasteiger partial charge in [0.2, 0.25) is 0 Å². The van der Waals surface area contributed by atoms with Crippen LogP contribution in [-0.4, -0.2) is 46.9 Å². The standard InChI is InChI=1S/C20H18F2N2O3/c1-23(10-11-25)18-17(13-6-8-15(21)9-7-13)19(26)24(20(18)27)12-14-4-2-3-5-16(14)22/h2-9,25H,10-12H2,1H3. The van der Waals surface area contributed by atoms with Crippen LogP contribution in [-0.2, 0) is 16.1 Å². The summed E-state index contributed by atoms with van der Waals surface area (Å²) in [7, 11) is 1.58. The first-order valence-corrected chi connectivity index (χ1v) is 8.36. The van der Waals surface area contributed by atoms with Crippen LogP contribution in [0.2, 0.25) is 0 Å². The van der Waals surface area contributed by atoms with Gasteiger partial charge in [0, 0.05) is 19.2 Å². The molecule has 0 saturated carbocycles. The molecule has 0 spiro atoms. The van der Waals surface area contributed by atoms with Crippen LogP contribution in [0.4, 0.5) is 8.78 Å². The smallest absolute Gasteiger partial charge is 0.278 e. The Morgan fingerprint density at radius 3 is 2.30 bits per heavy atom. The molecule has 0 fully saturated rings. The van der Waals surface area contributed by atoms with Gasteiger partial charge in [-0.15, -0.1) is 0 Å². The van der Waals surface area contributed by atoms with Gasteiger partial charge in [0.15, 0.2) is 0 Å². The van der Waals surface area contributed by atoms with Crippen molar-refractivity contribution in [2.45, 2.75) is 6.54 Å². The summed E-state index contributed by atoms with van der Waals surface area (Å²) in [5, 5.41) is 9.21. The van der Waals surface area contributed by atoms with Gasteiger partial charge in [-0.25, -0.2) is 8.78 Å². The van der Waals surface area contributed by atoms with Crippen LogP contribution in [0.5, 0.6) is 0 Å². The highest BCUT2D eigenvalue weighted by Crippen LogP contribution is 2.32. The highest BCUT2D eigenvalue weighted by Gasteiger charge is 2.40. The number of benzene rings is 2. The zero-order chi connectivity index (χ0) is 19.6. The summed E-state index contributed by atoms with van der Waals surface area (Å²) in [6.45, 7) is -0.302. The summed E-state index contributed by atoms with van der Waals surface area (Å²) in [4.78, 5) is 28.3. The van der Waals surface area contributed by atoms with E-state index in [1.54, 1.807) is 13.1 Å². The van der Waals surface area contributed by atoms with Gasteiger partial charge in [-0.3, -0.25) is 14.5 Å². The minimum atomic E-state index is -0.588. The minimum absolute atomic E-state index is 0.0944. The summed E-state index contributed by atoms with van der Waals surface area (Å²) in [6, 6.07) is 11.1. The van der Waals surface area contributed by atoms with Crippen molar-refractivity contribution in [1.82, 2.24) is 9.80 Å². The van der Waals surface area contributed by atoms with Crippen LogP contribution in [0.25, 0.3) is 5.57 Å². The Labute approximate surface area is 155 Å². The zero-order valence-electron chi connectivity index (χ0n) is 14.7. The van der Waals surface area contributed by atoms with Gasteiger partial charge < -0.3 is 10.0 Å². The van der Waals surface area contributed by atoms with Crippen molar-refractivity contribution in [1.29, 1.82) is 0 Å². The Kier molecular flexibility index (Phi) is 5.32. The number of carbonyl (C=O) groups is 2. The summed E-state index contributed by atoms with van der Waals surface area (Å²) in [5.74, 6) is -2.16. The van der Waals surface area contributed by atoms with Gasteiger partial charge in [-0.05, 0) is 23.8 Å². The van der Waals surface area contributed by atoms with E-state index in [1.165, 1.54) is 47.4 Å². The van der Waals surface area contributed by atoms with Gasteiger partial charge in [-0.1, -0.05) is 30.3 Å². The topological polar surface area (TPSA) is 60.9 Å². The molecule has 140 valence electrons. The highest BCUT2D eigenvalue weighted by atomic mass is 19.1. The van der Waals surface area contributed by atoms with E-state index in [0.717, 1.165) is 4.90 Å². The number of halogens is 2. The molecule has 0 saturated heterocycles. The number of rotatable bonds is 6. The molecule has 1 aliphatic heterocycles. The molecule has 2 amide bonds. The van der Waals surface area contributed by atoms with Crippen molar-refractivity contribution < 1.29 is 23.5 Å². The lowest BCUT2D eigenvalue weighted by Crippen LogP contribution is -2.34. The molecule has 7 heteroatoms. The lowest BCUT2D eigenvalue weighted by Gasteiger charge is -2.20. The quantitative estimate of drug-likeness (QED) is 0.790. The molecule has 0 radical (unpaired) electrons. The molecule has 1 heterocycles. The van der Waals surface area contributed by atoms with Crippen molar-refractivity contribution in [2.75, 3.05) is 20.2 Å². The molecule has 1 aliphatic rings. The molecule has 0 aromatic heterocycles. The number of amides is 2. The molecule has 2 aromatic carbocycles. The Morgan fingerprint density at radius 2 is 1.67 bits per heavy atom. The molecular weight excluding hydrogens is 354 g/mol. The van der Waals surface area contributed by atoms with Crippen molar-refractivity contribution in [3.8, 4) is 0 Å². The van der Waals surface area contributed by atoms with Crippen LogP contribution in [0.3, 0.4) is 0 Å². The normalized spacial score (nSPS) is 14.3. The third-order valence-electron chi connectivity index (χ3n) is 4.38. The fourth-order valence-electron chi connectivity index (χ4n) is 3.00. The number of hydrogen-bond donors (Lipinski definition) is 1. The van der Waals surface area contributed by atoms with Gasteiger partial charge in [0.05, 0.1) is 18.7 Å². The second-order valence-electron chi connectivity index (χ2n) is 6.16. The van der Waals surface area contributed by atoms with E-state index in [4.69, 9.17) is 0 Å². The maximum atomic E-state index is 14.0. The Bertz CT molecular complexity index is 910. The van der Waals surface area contributed by atoms with Crippen molar-refractivity contribution in [2.24, 2.45) is 0 Å². The van der Waals surface area contributed by atoms with Crippen LogP contribution < -0.4 is 0 Å². The summed E-state index contributed by atoms with van der Waals surface area (Å²) >= 11 is 0. The molecule has 27 heavy (non-hydrogen) atoms. The van der Waals surface area contributed by atoms with Crippen LogP contribution in [0.1, 0.15) is 11.1 Å². The Hall–Kier alpha value is -3.06. The average Bonchev–Trinajstić information content (AvgIpc) is 2.89. The lowest BCUT2D eigenvalue weighted by molar-refractivity contribution is -0.138. The molecule has 5 nitrogen and oxygen atoms in total. The van der Waals surface area contributed by atoms with Crippen LogP contribution in [0.15, 0.2) is 54.2 Å². The monoisotopic (exact) mass is 372 g/mol. The SMILES string of the molecule is CN(CCO)C1=C(c2ccc(F)cc2)C(=O)N(Cc2ccccc2F)C1=O. The Balaban J connectivity index is 2.03. The molecule has 0 bridgehead atoms. The molecule has 0 unspecified atom stereocenters. The predicted octanol–water partition coefficient (Wildman–Crippen LogP) is 2.17. The van der Waals surface area contributed by atoms with Crippen LogP contribution in [0, 0.1) is 11.6 Å². The molecule has 1 N–H and O–H groups in total. The predicted molar refractivity (Wildman–Crippen MR) is 95.0 cm³/mol. The first kappa shape index (κ1) is 18.7. The summed E-state index contributed by atoms with van der Waals surface area (Å²) in [6.07, 6.45) is 0. The number of aliphatic hydroxyl groups is 1. The number of likely N-dealkylation sites (N-methyl/N-ethyl adjacent to an activating group) is 1. The number of carbonyl (C=O) groups excluding carboxylic acids is 2. The number of aliphatic hydroxyl groups excluding tert-OH is 1. The zero-order valence-corrected chi connectivity index (χ0v) is 14.7. The van der Waals surface area contributed by atoms with Crippen molar-refractivity contribution >= 4 is 17.4 Å². The maximum Gasteiger partial charge on any atom is 0.278 e. The minimum Gasteiger partial charge on any atom is -0.395 e. The lowest BCUT2D eigenvalue weighted by atomic mass is 10.0. The fraction of sp³-hybridized carbons (Fsp3) is 0.200. The van der Waals surface area contributed by atoms with Gasteiger partial charge in [0.1, 0.15) is 17.3 Å². The van der Waals surface area contributed by atoms with E-state index in [9.17, 15) is 23.5 Å². The van der Waals surface area contributed by atoms with E-state index < -0.39 is 23.4 Å². The van der Waals surface area contributed by atoms with Gasteiger partial charge in [-0.2, -0.15) is 0 Å². The second-order valence-corrected chi connectivity index (χ2v) is 6.16. The van der Waals surface area contributed by atoms with E-state index in [-0.39, 0.29) is 36.5 Å². The summed E-state index contributed by atoms with van der Waals surface area (Å²) in [5.41, 5.74) is 0.790. The number of imide groups is 1. The second kappa shape index (κ2) is 7.67.